The first-order valence-corrected chi connectivity index (χ1v) is 8.96. The molecule has 0 heterocycles. The fourth-order valence-electron chi connectivity index (χ4n) is 2.15. The molecule has 0 aliphatic heterocycles. The highest BCUT2D eigenvalue weighted by Crippen LogP contribution is 2.27. The van der Waals surface area contributed by atoms with Crippen molar-refractivity contribution in [3.63, 3.8) is 0 Å². The van der Waals surface area contributed by atoms with Crippen LogP contribution in [-0.2, 0) is 14.4 Å². The summed E-state index contributed by atoms with van der Waals surface area (Å²) in [5.74, 6) is -0.0671. The lowest BCUT2D eigenvalue weighted by molar-refractivity contribution is -0.129. The van der Waals surface area contributed by atoms with Crippen LogP contribution in [0.4, 0.5) is 10.5 Å². The van der Waals surface area contributed by atoms with E-state index in [-0.39, 0.29) is 28.9 Å². The van der Waals surface area contributed by atoms with Crippen LogP contribution in [-0.4, -0.2) is 49.1 Å². The molecular formula is C18H21N3O4S. The van der Waals surface area contributed by atoms with Gasteiger partial charge in [-0.1, -0.05) is 18.2 Å². The second-order valence-electron chi connectivity index (χ2n) is 5.66. The Hall–Kier alpha value is -2.58. The number of thioether (sulfide) groups is 1. The molecule has 0 bridgehead atoms. The Labute approximate surface area is 156 Å². The molecule has 1 aliphatic rings. The van der Waals surface area contributed by atoms with Crippen LogP contribution in [0, 0.1) is 0 Å². The average Bonchev–Trinajstić information content (AvgIpc) is 2.60. The molecule has 1 aromatic carbocycles. The fraction of sp³-hybridized carbons (Fsp3) is 0.278. The molecule has 138 valence electrons. The van der Waals surface area contributed by atoms with Crippen molar-refractivity contribution in [1.29, 1.82) is 0 Å². The summed E-state index contributed by atoms with van der Waals surface area (Å²) in [7, 11) is 3.27. The minimum atomic E-state index is -0.340. The van der Waals surface area contributed by atoms with E-state index in [0.29, 0.717) is 22.9 Å². The molecule has 8 heteroatoms. The third-order valence-corrected chi connectivity index (χ3v) is 4.36. The monoisotopic (exact) mass is 375 g/mol. The Morgan fingerprint density at radius 2 is 1.88 bits per heavy atom. The number of hydrogen-bond acceptors (Lipinski definition) is 6. The van der Waals surface area contributed by atoms with Gasteiger partial charge in [0.05, 0.1) is 4.91 Å². The van der Waals surface area contributed by atoms with E-state index >= 15 is 0 Å². The highest BCUT2D eigenvalue weighted by Gasteiger charge is 2.28. The van der Waals surface area contributed by atoms with Crippen LogP contribution in [0.5, 0.6) is 0 Å². The Balaban J connectivity index is 1.80. The highest BCUT2D eigenvalue weighted by atomic mass is 32.2. The Morgan fingerprint density at radius 1 is 1.19 bits per heavy atom. The zero-order valence-electron chi connectivity index (χ0n) is 14.9. The van der Waals surface area contributed by atoms with E-state index in [1.165, 1.54) is 22.9 Å². The van der Waals surface area contributed by atoms with E-state index in [0.717, 1.165) is 0 Å². The lowest BCUT2D eigenvalue weighted by Crippen LogP contribution is -2.30. The predicted molar refractivity (Wildman–Crippen MR) is 101 cm³/mol. The maximum absolute atomic E-state index is 12.3. The van der Waals surface area contributed by atoms with Crippen molar-refractivity contribution >= 4 is 35.0 Å². The summed E-state index contributed by atoms with van der Waals surface area (Å²) >= 11 is 1.23. The number of carbonyl (C=O) groups excluding carboxylic acids is 3. The molecule has 1 aromatic rings. The van der Waals surface area contributed by atoms with Gasteiger partial charge in [0.25, 0.3) is 0 Å². The van der Waals surface area contributed by atoms with Crippen molar-refractivity contribution in [2.75, 3.05) is 31.7 Å². The molecule has 2 amide bonds. The summed E-state index contributed by atoms with van der Waals surface area (Å²) in [6.07, 6.45) is 1.28. The quantitative estimate of drug-likeness (QED) is 0.432. The number of allylic oxidation sites excluding steroid dienone is 3. The molecule has 0 fully saturated rings. The Morgan fingerprint density at radius 3 is 2.54 bits per heavy atom. The van der Waals surface area contributed by atoms with Crippen LogP contribution >= 0.6 is 11.8 Å². The summed E-state index contributed by atoms with van der Waals surface area (Å²) in [5.41, 5.74) is 0.978. The molecule has 0 spiro atoms. The number of ketones is 2. The largest absolute Gasteiger partial charge is 0.402 e. The van der Waals surface area contributed by atoms with Crippen LogP contribution in [0.3, 0.4) is 0 Å². The smallest absolute Gasteiger partial charge is 0.319 e. The van der Waals surface area contributed by atoms with Gasteiger partial charge in [-0.3, -0.25) is 9.59 Å². The van der Waals surface area contributed by atoms with Gasteiger partial charge in [-0.2, -0.15) is 0 Å². The van der Waals surface area contributed by atoms with Gasteiger partial charge in [0.2, 0.25) is 11.5 Å². The SMILES string of the molecule is CC1=C(ON(C)C)C(=O)C=C(SCCNC(=O)Nc2ccccc2)C1=O. The number of hydrogen-bond donors (Lipinski definition) is 2. The van der Waals surface area contributed by atoms with Crippen molar-refractivity contribution < 1.29 is 19.2 Å². The predicted octanol–water partition coefficient (Wildman–Crippen LogP) is 2.34. The van der Waals surface area contributed by atoms with Crippen molar-refractivity contribution in [2.45, 2.75) is 6.92 Å². The molecule has 0 atom stereocenters. The zero-order chi connectivity index (χ0) is 19.1. The number of anilines is 1. The highest BCUT2D eigenvalue weighted by molar-refractivity contribution is 8.04. The van der Waals surface area contributed by atoms with E-state index < -0.39 is 0 Å². The van der Waals surface area contributed by atoms with E-state index in [2.05, 4.69) is 10.6 Å². The van der Waals surface area contributed by atoms with Gasteiger partial charge in [0.1, 0.15) is 0 Å². The van der Waals surface area contributed by atoms with Crippen LogP contribution in [0.25, 0.3) is 0 Å². The van der Waals surface area contributed by atoms with E-state index in [1.54, 1.807) is 33.2 Å². The van der Waals surface area contributed by atoms with E-state index in [1.807, 2.05) is 18.2 Å². The van der Waals surface area contributed by atoms with Crippen LogP contribution in [0.2, 0.25) is 0 Å². The zero-order valence-corrected chi connectivity index (χ0v) is 15.7. The average molecular weight is 375 g/mol. The number of rotatable bonds is 7. The minimum Gasteiger partial charge on any atom is -0.402 e. The summed E-state index contributed by atoms with van der Waals surface area (Å²) in [5, 5.41) is 6.78. The number of Topliss-reactive ketones (excluding diaryl/α,β-unsaturated/α-hetero) is 1. The number of nitrogens with zero attached hydrogens (tertiary/aromatic N) is 1. The van der Waals surface area contributed by atoms with Gasteiger partial charge in [-0.15, -0.1) is 16.8 Å². The van der Waals surface area contributed by atoms with Crippen LogP contribution in [0.15, 0.2) is 52.6 Å². The van der Waals surface area contributed by atoms with Gasteiger partial charge < -0.3 is 15.5 Å². The lowest BCUT2D eigenvalue weighted by Gasteiger charge is -2.19. The second-order valence-corrected chi connectivity index (χ2v) is 6.79. The molecule has 1 aliphatic carbocycles. The van der Waals surface area contributed by atoms with Crippen LogP contribution < -0.4 is 10.6 Å². The van der Waals surface area contributed by atoms with Crippen LogP contribution in [0.1, 0.15) is 6.92 Å². The molecule has 0 radical (unpaired) electrons. The third kappa shape index (κ3) is 5.47. The summed E-state index contributed by atoms with van der Waals surface area (Å²) in [4.78, 5) is 41.8. The number of para-hydroxylation sites is 1. The molecule has 26 heavy (non-hydrogen) atoms. The van der Waals surface area contributed by atoms with Gasteiger partial charge in [0.15, 0.2) is 5.78 Å². The van der Waals surface area contributed by atoms with E-state index in [4.69, 9.17) is 4.84 Å². The molecular weight excluding hydrogens is 354 g/mol. The topological polar surface area (TPSA) is 87.7 Å². The summed E-state index contributed by atoms with van der Waals surface area (Å²) in [6, 6.07) is 8.76. The van der Waals surface area contributed by atoms with Crippen molar-refractivity contribution in [2.24, 2.45) is 0 Å². The number of hydroxylamine groups is 2. The van der Waals surface area contributed by atoms with E-state index in [9.17, 15) is 14.4 Å². The number of nitrogens with one attached hydrogen (secondary N) is 2. The van der Waals surface area contributed by atoms with Gasteiger partial charge in [0, 0.05) is 43.7 Å². The number of urea groups is 1. The second kappa shape index (κ2) is 9.21. The first-order chi connectivity index (χ1) is 12.4. The standard InChI is InChI=1S/C18H21N3O4S/c1-12-16(23)15(11-14(22)17(12)25-21(2)3)26-10-9-19-18(24)20-13-7-5-4-6-8-13/h4-8,11H,9-10H2,1-3H3,(H2,19,20,24). The summed E-state index contributed by atoms with van der Waals surface area (Å²) < 4.78 is 0. The molecule has 0 saturated heterocycles. The maximum atomic E-state index is 12.3. The first-order valence-electron chi connectivity index (χ1n) is 7.98. The summed E-state index contributed by atoms with van der Waals surface area (Å²) in [6.45, 7) is 1.92. The number of amides is 2. The maximum Gasteiger partial charge on any atom is 0.319 e. The Bertz CT molecular complexity index is 757. The fourth-order valence-corrected chi connectivity index (χ4v) is 3.05. The number of carbonyl (C=O) groups is 3. The van der Waals surface area contributed by atoms with Gasteiger partial charge in [-0.25, -0.2) is 4.79 Å². The van der Waals surface area contributed by atoms with Crippen molar-refractivity contribution in [1.82, 2.24) is 10.4 Å². The van der Waals surface area contributed by atoms with Crippen molar-refractivity contribution in [3.8, 4) is 0 Å². The minimum absolute atomic E-state index is 0.0460. The molecule has 7 nitrogen and oxygen atoms in total. The molecule has 0 aromatic heterocycles. The molecule has 2 N–H and O–H groups in total. The van der Waals surface area contributed by atoms with Crippen molar-refractivity contribution in [3.05, 3.63) is 52.6 Å². The lowest BCUT2D eigenvalue weighted by atomic mass is 10.0. The first kappa shape index (κ1) is 19.7. The van der Waals surface area contributed by atoms with Gasteiger partial charge >= 0.3 is 6.03 Å². The molecule has 0 saturated carbocycles. The molecule has 2 rings (SSSR count). The van der Waals surface area contributed by atoms with Gasteiger partial charge in [-0.05, 0) is 19.1 Å². The third-order valence-electron chi connectivity index (χ3n) is 3.34. The molecule has 0 unspecified atom stereocenters. The Kier molecular flexibility index (Phi) is 6.99. The number of benzene rings is 1. The normalized spacial score (nSPS) is 14.4.